The van der Waals surface area contributed by atoms with Crippen molar-refractivity contribution >= 4 is 21.6 Å². The molecule has 102 valence electrons. The van der Waals surface area contributed by atoms with Crippen LogP contribution in [-0.4, -0.2) is 13.0 Å². The number of halogens is 1. The lowest BCUT2D eigenvalue weighted by atomic mass is 10.2. The summed E-state index contributed by atoms with van der Waals surface area (Å²) in [5, 5.41) is 0.447. The number of nitrogens with one attached hydrogen (secondary N) is 1. The van der Waals surface area contributed by atoms with Crippen LogP contribution in [-0.2, 0) is 23.6 Å². The lowest BCUT2D eigenvalue weighted by Crippen LogP contribution is -2.23. The summed E-state index contributed by atoms with van der Waals surface area (Å²) in [6.07, 6.45) is 3.73. The van der Waals surface area contributed by atoms with Gasteiger partial charge in [0.2, 0.25) is 10.0 Å². The van der Waals surface area contributed by atoms with E-state index >= 15 is 0 Å². The normalized spacial score (nSPS) is 11.7. The summed E-state index contributed by atoms with van der Waals surface area (Å²) in [6.45, 7) is 2.09. The Bertz CT molecular complexity index is 692. The number of benzene rings is 1. The first kappa shape index (κ1) is 14.1. The van der Waals surface area contributed by atoms with Gasteiger partial charge in [-0.15, -0.1) is 0 Å². The topological polar surface area (TPSA) is 51.1 Å². The van der Waals surface area contributed by atoms with E-state index in [4.69, 9.17) is 11.6 Å². The van der Waals surface area contributed by atoms with E-state index in [1.165, 1.54) is 6.07 Å². The third-order valence-electron chi connectivity index (χ3n) is 2.81. The van der Waals surface area contributed by atoms with E-state index < -0.39 is 10.0 Å². The van der Waals surface area contributed by atoms with Crippen LogP contribution in [0.25, 0.3) is 0 Å². The number of hydrogen-bond donors (Lipinski definition) is 1. The second-order valence-corrected chi connectivity index (χ2v) is 6.59. The first-order valence-electron chi connectivity index (χ1n) is 5.75. The van der Waals surface area contributed by atoms with Crippen LogP contribution in [0.2, 0.25) is 5.02 Å². The number of rotatable bonds is 4. The molecule has 1 aromatic heterocycles. The van der Waals surface area contributed by atoms with Crippen LogP contribution in [0.15, 0.2) is 41.6 Å². The number of nitrogens with zero attached hydrogens (tertiary/aromatic N) is 1. The first-order valence-corrected chi connectivity index (χ1v) is 7.61. The van der Waals surface area contributed by atoms with Crippen molar-refractivity contribution < 1.29 is 8.42 Å². The van der Waals surface area contributed by atoms with E-state index in [9.17, 15) is 8.42 Å². The summed E-state index contributed by atoms with van der Waals surface area (Å²) < 4.78 is 28.6. The fourth-order valence-corrected chi connectivity index (χ4v) is 2.96. The van der Waals surface area contributed by atoms with Crippen molar-refractivity contribution in [1.82, 2.24) is 9.29 Å². The molecule has 0 bridgehead atoms. The number of sulfonamides is 1. The van der Waals surface area contributed by atoms with Crippen molar-refractivity contribution in [1.29, 1.82) is 0 Å². The molecular weight excluding hydrogens is 284 g/mol. The van der Waals surface area contributed by atoms with Gasteiger partial charge in [-0.1, -0.05) is 17.7 Å². The fraction of sp³-hybridized carbons (Fsp3) is 0.231. The predicted octanol–water partition coefficient (Wildman–Crippen LogP) is 2.47. The van der Waals surface area contributed by atoms with E-state index in [0.29, 0.717) is 5.02 Å². The van der Waals surface area contributed by atoms with Crippen LogP contribution in [0.5, 0.6) is 0 Å². The van der Waals surface area contributed by atoms with Gasteiger partial charge in [0.05, 0.1) is 4.90 Å². The zero-order chi connectivity index (χ0) is 14.0. The second kappa shape index (κ2) is 5.36. The van der Waals surface area contributed by atoms with Crippen LogP contribution in [0.4, 0.5) is 0 Å². The Morgan fingerprint density at radius 2 is 2.05 bits per heavy atom. The predicted molar refractivity (Wildman–Crippen MR) is 75.6 cm³/mol. The summed E-state index contributed by atoms with van der Waals surface area (Å²) in [5.41, 5.74) is 1.76. The van der Waals surface area contributed by atoms with Crippen molar-refractivity contribution in [2.45, 2.75) is 18.4 Å². The van der Waals surface area contributed by atoms with Gasteiger partial charge in [0.15, 0.2) is 0 Å². The Morgan fingerprint density at radius 3 is 2.63 bits per heavy atom. The van der Waals surface area contributed by atoms with Crippen molar-refractivity contribution in [2.75, 3.05) is 0 Å². The molecule has 0 aliphatic rings. The number of aryl methyl sites for hydroxylation is 2. The van der Waals surface area contributed by atoms with Gasteiger partial charge < -0.3 is 4.57 Å². The lowest BCUT2D eigenvalue weighted by molar-refractivity contribution is 0.581. The summed E-state index contributed by atoms with van der Waals surface area (Å²) in [6, 6.07) is 6.57. The minimum absolute atomic E-state index is 0.180. The Hall–Kier alpha value is -1.30. The molecular formula is C13H15ClN2O2S. The highest BCUT2D eigenvalue weighted by Gasteiger charge is 2.14. The summed E-state index contributed by atoms with van der Waals surface area (Å²) in [7, 11) is -1.65. The molecule has 19 heavy (non-hydrogen) atoms. The maximum Gasteiger partial charge on any atom is 0.240 e. The Balaban J connectivity index is 2.16. The molecule has 1 aromatic carbocycles. The van der Waals surface area contributed by atoms with Gasteiger partial charge in [-0.05, 0) is 36.2 Å². The minimum atomic E-state index is -3.53. The van der Waals surface area contributed by atoms with Gasteiger partial charge in [-0.3, -0.25) is 0 Å². The lowest BCUT2D eigenvalue weighted by Gasteiger charge is -2.07. The maximum absolute atomic E-state index is 12.1. The van der Waals surface area contributed by atoms with E-state index in [0.717, 1.165) is 11.1 Å². The molecule has 0 aliphatic carbocycles. The van der Waals surface area contributed by atoms with E-state index in [1.807, 2.05) is 37.0 Å². The van der Waals surface area contributed by atoms with Crippen molar-refractivity contribution in [2.24, 2.45) is 7.05 Å². The molecule has 0 aliphatic heterocycles. The molecule has 0 amide bonds. The average molecular weight is 299 g/mol. The maximum atomic E-state index is 12.1. The van der Waals surface area contributed by atoms with Gasteiger partial charge in [-0.2, -0.15) is 0 Å². The molecule has 1 N–H and O–H groups in total. The largest absolute Gasteiger partial charge is 0.357 e. The van der Waals surface area contributed by atoms with Gasteiger partial charge in [0.25, 0.3) is 0 Å². The highest BCUT2D eigenvalue weighted by atomic mass is 35.5. The molecule has 0 unspecified atom stereocenters. The molecule has 0 atom stereocenters. The highest BCUT2D eigenvalue weighted by molar-refractivity contribution is 7.89. The number of aromatic nitrogens is 1. The smallest absolute Gasteiger partial charge is 0.240 e. The zero-order valence-corrected chi connectivity index (χ0v) is 12.3. The molecule has 0 saturated carbocycles. The Labute approximate surface area is 118 Å². The summed E-state index contributed by atoms with van der Waals surface area (Å²) in [5.74, 6) is 0. The highest BCUT2D eigenvalue weighted by Crippen LogP contribution is 2.20. The van der Waals surface area contributed by atoms with Gasteiger partial charge in [-0.25, -0.2) is 13.1 Å². The zero-order valence-electron chi connectivity index (χ0n) is 10.7. The van der Waals surface area contributed by atoms with Crippen LogP contribution in [0.3, 0.4) is 0 Å². The van der Waals surface area contributed by atoms with Crippen molar-refractivity contribution in [3.8, 4) is 0 Å². The van der Waals surface area contributed by atoms with E-state index in [-0.39, 0.29) is 11.4 Å². The molecule has 0 saturated heterocycles. The standard InChI is InChI=1S/C13H15ClN2O2S/c1-10-3-4-12(7-13(10)14)19(17,18)15-8-11-5-6-16(2)9-11/h3-7,9,15H,8H2,1-2H3. The summed E-state index contributed by atoms with van der Waals surface area (Å²) >= 11 is 5.94. The Morgan fingerprint density at radius 1 is 1.32 bits per heavy atom. The molecule has 2 rings (SSSR count). The van der Waals surface area contributed by atoms with Gasteiger partial charge >= 0.3 is 0 Å². The fourth-order valence-electron chi connectivity index (χ4n) is 1.67. The first-order chi connectivity index (χ1) is 8.88. The van der Waals surface area contributed by atoms with E-state index in [2.05, 4.69) is 4.72 Å². The van der Waals surface area contributed by atoms with Gasteiger partial charge in [0.1, 0.15) is 0 Å². The molecule has 2 aromatic rings. The minimum Gasteiger partial charge on any atom is -0.357 e. The average Bonchev–Trinajstić information content (AvgIpc) is 2.76. The van der Waals surface area contributed by atoms with Crippen LogP contribution in [0, 0.1) is 6.92 Å². The molecule has 1 heterocycles. The quantitative estimate of drug-likeness (QED) is 0.943. The summed E-state index contributed by atoms with van der Waals surface area (Å²) in [4.78, 5) is 0.180. The molecule has 4 nitrogen and oxygen atoms in total. The van der Waals surface area contributed by atoms with Crippen molar-refractivity contribution in [3.05, 3.63) is 52.8 Å². The number of hydrogen-bond acceptors (Lipinski definition) is 2. The molecule has 0 fully saturated rings. The molecule has 6 heteroatoms. The monoisotopic (exact) mass is 298 g/mol. The SMILES string of the molecule is Cc1ccc(S(=O)(=O)NCc2ccn(C)c2)cc1Cl. The molecule has 0 spiro atoms. The molecule has 0 radical (unpaired) electrons. The van der Waals surface area contributed by atoms with Crippen molar-refractivity contribution in [3.63, 3.8) is 0 Å². The third-order valence-corrected chi connectivity index (χ3v) is 4.62. The van der Waals surface area contributed by atoms with Gasteiger partial charge in [0, 0.05) is 31.0 Å². The second-order valence-electron chi connectivity index (χ2n) is 4.42. The van der Waals surface area contributed by atoms with E-state index in [1.54, 1.807) is 12.1 Å². The van der Waals surface area contributed by atoms with Crippen LogP contribution in [0.1, 0.15) is 11.1 Å². The van der Waals surface area contributed by atoms with Crippen LogP contribution < -0.4 is 4.72 Å². The Kier molecular flexibility index (Phi) is 3.99. The van der Waals surface area contributed by atoms with Crippen LogP contribution >= 0.6 is 11.6 Å². The third kappa shape index (κ3) is 3.37.